The van der Waals surface area contributed by atoms with Crippen LogP contribution in [0.3, 0.4) is 0 Å². The fourth-order valence-electron chi connectivity index (χ4n) is 1.60. The molecular weight excluding hydrogens is 331 g/mol. The normalized spacial score (nSPS) is 19.2. The van der Waals surface area contributed by atoms with Gasteiger partial charge in [-0.25, -0.2) is 0 Å². The van der Waals surface area contributed by atoms with Gasteiger partial charge in [0, 0.05) is 0 Å². The van der Waals surface area contributed by atoms with Crippen LogP contribution in [0.25, 0.3) is 0 Å². The van der Waals surface area contributed by atoms with Crippen molar-refractivity contribution < 1.29 is 31.0 Å². The van der Waals surface area contributed by atoms with Gasteiger partial charge in [0.25, 0.3) is 0 Å². The van der Waals surface area contributed by atoms with Crippen molar-refractivity contribution in [2.24, 2.45) is 0 Å². The van der Waals surface area contributed by atoms with Gasteiger partial charge in [-0.2, -0.15) is 0 Å². The Labute approximate surface area is 112 Å². The van der Waals surface area contributed by atoms with Gasteiger partial charge in [-0.1, -0.05) is 0 Å². The molecule has 94 valence electrons. The molecule has 1 aliphatic heterocycles. The van der Waals surface area contributed by atoms with E-state index in [1.54, 1.807) is 0 Å². The molecule has 5 heteroatoms. The molecular formula is C12H16IN2O2-. The van der Waals surface area contributed by atoms with E-state index in [0.29, 0.717) is 10.7 Å². The van der Waals surface area contributed by atoms with E-state index in [2.05, 4.69) is 8.85 Å². The Morgan fingerprint density at radius 3 is 3.00 bits per heavy atom. The minimum atomic E-state index is -0.337. The van der Waals surface area contributed by atoms with Crippen LogP contribution in [0.5, 0.6) is 0 Å². The summed E-state index contributed by atoms with van der Waals surface area (Å²) < 4.78 is 8.53. The number of benzene rings is 1. The number of rotatable bonds is 4. The molecule has 1 amide bonds. The molecule has 1 aliphatic rings. The van der Waals surface area contributed by atoms with E-state index in [0.717, 1.165) is 12.1 Å². The van der Waals surface area contributed by atoms with E-state index in [-0.39, 0.29) is 27.6 Å². The average molecular weight is 347 g/mol. The van der Waals surface area contributed by atoms with Gasteiger partial charge in [0.15, 0.2) is 0 Å². The van der Waals surface area contributed by atoms with Crippen LogP contribution >= 0.6 is 0 Å². The number of halogens is 1. The second kappa shape index (κ2) is 6.80. The Hall–Kier alpha value is -0.820. The third-order valence-electron chi connectivity index (χ3n) is 2.48. The van der Waals surface area contributed by atoms with Gasteiger partial charge in [0.1, 0.15) is 0 Å². The van der Waals surface area contributed by atoms with Crippen LogP contribution in [0.2, 0.25) is 0 Å². The molecule has 1 heterocycles. The Kier molecular flexibility index (Phi) is 5.06. The molecule has 1 saturated heterocycles. The molecule has 2 rings (SSSR count). The second-order valence-corrected chi connectivity index (χ2v) is 6.50. The molecule has 1 fully saturated rings. The van der Waals surface area contributed by atoms with Gasteiger partial charge in [-0.15, -0.1) is 0 Å². The first-order valence-corrected chi connectivity index (χ1v) is 7.99. The second-order valence-electron chi connectivity index (χ2n) is 3.83. The molecule has 0 unspecified atom stereocenters. The van der Waals surface area contributed by atoms with E-state index >= 15 is 0 Å². The molecule has 0 bridgehead atoms. The molecule has 0 radical (unpaired) electrons. The van der Waals surface area contributed by atoms with Crippen molar-refractivity contribution in [1.82, 2.24) is 8.85 Å². The minimum absolute atomic E-state index is 0.296. The molecule has 0 aromatic heterocycles. The third kappa shape index (κ3) is 4.51. The van der Waals surface area contributed by atoms with Gasteiger partial charge in [0.05, 0.1) is 0 Å². The molecule has 1 aromatic carbocycles. The zero-order chi connectivity index (χ0) is 11.9. The summed E-state index contributed by atoms with van der Waals surface area (Å²) in [6, 6.07) is 9.71. The Morgan fingerprint density at radius 2 is 2.29 bits per heavy atom. The Morgan fingerprint density at radius 1 is 1.47 bits per heavy atom. The van der Waals surface area contributed by atoms with Gasteiger partial charge >= 0.3 is 112 Å². The molecule has 0 aliphatic carbocycles. The molecule has 4 nitrogen and oxygen atoms in total. The topological polar surface area (TPSA) is 50.4 Å². The fourth-order valence-corrected chi connectivity index (χ4v) is 3.67. The number of amides is 1. The number of alkyl halides is 1. The van der Waals surface area contributed by atoms with Gasteiger partial charge < -0.3 is 0 Å². The van der Waals surface area contributed by atoms with Crippen LogP contribution in [0.15, 0.2) is 30.3 Å². The molecule has 17 heavy (non-hydrogen) atoms. The Balaban J connectivity index is 1.64. The fraction of sp³-hybridized carbons (Fsp3) is 0.417. The van der Waals surface area contributed by atoms with Crippen LogP contribution in [0, 0.1) is 0 Å². The summed E-state index contributed by atoms with van der Waals surface area (Å²) in [4.78, 5) is 11.4. The summed E-state index contributed by atoms with van der Waals surface area (Å²) in [7, 11) is 0. The number of hydrogen-bond donors (Lipinski definition) is 2. The zero-order valence-electron chi connectivity index (χ0n) is 9.49. The monoisotopic (exact) mass is 347 g/mol. The number of carbonyl (C=O) groups excluding carboxylic acids is 1. The third-order valence-corrected chi connectivity index (χ3v) is 5.04. The summed E-state index contributed by atoms with van der Waals surface area (Å²) in [5.41, 5.74) is 1.01. The van der Waals surface area contributed by atoms with Crippen LogP contribution < -0.4 is 30.3 Å². The van der Waals surface area contributed by atoms with Gasteiger partial charge in [-0.05, 0) is 0 Å². The SMILES string of the molecule is O=C(N[I-][C@H]1CCCN1)OCc1ccccc1. The summed E-state index contributed by atoms with van der Waals surface area (Å²) >= 11 is -0.337. The van der Waals surface area contributed by atoms with Gasteiger partial charge in [-0.3, -0.25) is 0 Å². The quantitative estimate of drug-likeness (QED) is 0.306. The van der Waals surface area contributed by atoms with Crippen molar-refractivity contribution >= 4 is 6.09 Å². The van der Waals surface area contributed by atoms with Crippen molar-refractivity contribution in [3.8, 4) is 0 Å². The van der Waals surface area contributed by atoms with Crippen LogP contribution in [0.4, 0.5) is 4.79 Å². The predicted octanol–water partition coefficient (Wildman–Crippen LogP) is -1.37. The molecule has 0 saturated carbocycles. The molecule has 1 atom stereocenters. The van der Waals surface area contributed by atoms with Crippen molar-refractivity contribution in [3.63, 3.8) is 0 Å². The number of ether oxygens (including phenoxy) is 1. The van der Waals surface area contributed by atoms with Crippen molar-refractivity contribution in [2.75, 3.05) is 6.54 Å². The maximum atomic E-state index is 11.4. The van der Waals surface area contributed by atoms with E-state index in [4.69, 9.17) is 4.74 Å². The summed E-state index contributed by atoms with van der Waals surface area (Å²) in [5.74, 6) is 0. The zero-order valence-corrected chi connectivity index (χ0v) is 11.6. The van der Waals surface area contributed by atoms with E-state index in [9.17, 15) is 4.79 Å². The first-order chi connectivity index (χ1) is 8.34. The Bertz CT molecular complexity index is 353. The number of carbonyl (C=O) groups is 1. The first kappa shape index (κ1) is 12.6. The van der Waals surface area contributed by atoms with Crippen LogP contribution in [-0.4, -0.2) is 16.7 Å². The summed E-state index contributed by atoms with van der Waals surface area (Å²) in [6.45, 7) is 1.42. The number of nitrogens with one attached hydrogen (secondary N) is 2. The van der Waals surface area contributed by atoms with Gasteiger partial charge in [0.2, 0.25) is 0 Å². The van der Waals surface area contributed by atoms with Crippen molar-refractivity contribution in [1.29, 1.82) is 0 Å². The van der Waals surface area contributed by atoms with Crippen molar-refractivity contribution in [2.45, 2.75) is 23.5 Å². The van der Waals surface area contributed by atoms with E-state index < -0.39 is 0 Å². The molecule has 2 N–H and O–H groups in total. The molecule has 0 spiro atoms. The van der Waals surface area contributed by atoms with E-state index in [1.807, 2.05) is 30.3 Å². The maximum absolute atomic E-state index is 11.4. The van der Waals surface area contributed by atoms with Crippen molar-refractivity contribution in [3.05, 3.63) is 35.9 Å². The standard InChI is InChI=1S/C12H16IN2O2/c16-12(15-13-11-7-4-8-14-11)17-9-10-5-2-1-3-6-10/h1-3,5-6,11,14H,4,7-9H2,(H,15,16)/q-1/t11-/m1/s1. The predicted molar refractivity (Wildman–Crippen MR) is 60.8 cm³/mol. The van der Waals surface area contributed by atoms with Crippen LogP contribution in [0.1, 0.15) is 18.4 Å². The van der Waals surface area contributed by atoms with E-state index in [1.165, 1.54) is 12.8 Å². The van der Waals surface area contributed by atoms with Crippen LogP contribution in [-0.2, 0) is 11.3 Å². The average Bonchev–Trinajstić information content (AvgIpc) is 2.88. The summed E-state index contributed by atoms with van der Waals surface area (Å²) in [6.07, 6.45) is 2.09. The summed E-state index contributed by atoms with van der Waals surface area (Å²) in [5, 5.41) is 3.36. The molecule has 1 aromatic rings. The number of hydrogen-bond acceptors (Lipinski definition) is 3. The first-order valence-electron chi connectivity index (χ1n) is 5.67.